The Morgan fingerprint density at radius 3 is 2.60 bits per heavy atom. The van der Waals surface area contributed by atoms with Crippen LogP contribution in [0.5, 0.6) is 0 Å². The Morgan fingerprint density at radius 2 is 2.07 bits per heavy atom. The smallest absolute Gasteiger partial charge is 0.333 e. The van der Waals surface area contributed by atoms with E-state index in [9.17, 15) is 4.79 Å². The maximum absolute atomic E-state index is 11.3. The van der Waals surface area contributed by atoms with Crippen molar-refractivity contribution in [2.75, 3.05) is 13.7 Å². The molecule has 0 aromatic rings. The summed E-state index contributed by atoms with van der Waals surface area (Å²) in [4.78, 5) is 11.3. The van der Waals surface area contributed by atoms with Gasteiger partial charge in [0.05, 0.1) is 7.11 Å². The number of hydrogen-bond acceptors (Lipinski definition) is 3. The SMILES string of the molecule is CCCCCCC(=CCCO)C(=O)OC. The molecule has 0 aliphatic carbocycles. The van der Waals surface area contributed by atoms with Crippen LogP contribution in [0.1, 0.15) is 45.4 Å². The first kappa shape index (κ1) is 14.2. The van der Waals surface area contributed by atoms with Gasteiger partial charge in [-0.1, -0.05) is 32.3 Å². The van der Waals surface area contributed by atoms with Crippen LogP contribution in [0.3, 0.4) is 0 Å². The first-order valence-electron chi connectivity index (χ1n) is 5.64. The molecule has 0 unspecified atom stereocenters. The minimum absolute atomic E-state index is 0.0788. The first-order chi connectivity index (χ1) is 7.26. The molecule has 15 heavy (non-hydrogen) atoms. The number of aliphatic hydroxyl groups excluding tert-OH is 1. The molecular weight excluding hydrogens is 192 g/mol. The summed E-state index contributed by atoms with van der Waals surface area (Å²) in [5.74, 6) is -0.264. The summed E-state index contributed by atoms with van der Waals surface area (Å²) < 4.78 is 4.68. The number of methoxy groups -OCH3 is 1. The summed E-state index contributed by atoms with van der Waals surface area (Å²) in [7, 11) is 1.39. The summed E-state index contributed by atoms with van der Waals surface area (Å²) in [5.41, 5.74) is 0.697. The van der Waals surface area contributed by atoms with Gasteiger partial charge in [0.1, 0.15) is 0 Å². The molecule has 3 nitrogen and oxygen atoms in total. The molecule has 3 heteroatoms. The van der Waals surface area contributed by atoms with E-state index >= 15 is 0 Å². The van der Waals surface area contributed by atoms with Gasteiger partial charge >= 0.3 is 5.97 Å². The molecule has 0 amide bonds. The van der Waals surface area contributed by atoms with E-state index in [4.69, 9.17) is 5.11 Å². The third kappa shape index (κ3) is 7.14. The van der Waals surface area contributed by atoms with Crippen molar-refractivity contribution in [2.24, 2.45) is 0 Å². The normalized spacial score (nSPS) is 11.5. The lowest BCUT2D eigenvalue weighted by Crippen LogP contribution is -2.05. The van der Waals surface area contributed by atoms with Crippen LogP contribution in [0.25, 0.3) is 0 Å². The minimum Gasteiger partial charge on any atom is -0.466 e. The van der Waals surface area contributed by atoms with Gasteiger partial charge in [0.2, 0.25) is 0 Å². The maximum Gasteiger partial charge on any atom is 0.333 e. The van der Waals surface area contributed by atoms with E-state index in [1.165, 1.54) is 20.0 Å². The van der Waals surface area contributed by atoms with E-state index in [0.29, 0.717) is 12.0 Å². The fourth-order valence-corrected chi connectivity index (χ4v) is 1.40. The lowest BCUT2D eigenvalue weighted by atomic mass is 10.1. The maximum atomic E-state index is 11.3. The number of hydrogen-bond donors (Lipinski definition) is 1. The highest BCUT2D eigenvalue weighted by Gasteiger charge is 2.08. The predicted octanol–water partition coefficient (Wildman–Crippen LogP) is 2.44. The van der Waals surface area contributed by atoms with Crippen LogP contribution < -0.4 is 0 Å². The van der Waals surface area contributed by atoms with Crippen molar-refractivity contribution in [2.45, 2.75) is 45.4 Å². The third-order valence-electron chi connectivity index (χ3n) is 2.27. The van der Waals surface area contributed by atoms with Crippen LogP contribution in [0.15, 0.2) is 11.6 Å². The fourth-order valence-electron chi connectivity index (χ4n) is 1.40. The number of carbonyl (C=O) groups excluding carboxylic acids is 1. The Bertz CT molecular complexity index is 197. The molecule has 0 atom stereocenters. The monoisotopic (exact) mass is 214 g/mol. The molecule has 0 saturated carbocycles. The number of ether oxygens (including phenoxy) is 1. The van der Waals surface area contributed by atoms with Gasteiger partial charge in [-0.3, -0.25) is 0 Å². The van der Waals surface area contributed by atoms with Crippen LogP contribution in [0.2, 0.25) is 0 Å². The molecule has 0 aromatic heterocycles. The summed E-state index contributed by atoms with van der Waals surface area (Å²) in [6.45, 7) is 2.23. The summed E-state index contributed by atoms with van der Waals surface area (Å²) in [5, 5.41) is 8.68. The second-order valence-electron chi connectivity index (χ2n) is 3.54. The van der Waals surface area contributed by atoms with E-state index in [1.807, 2.05) is 0 Å². The van der Waals surface area contributed by atoms with E-state index in [0.717, 1.165) is 19.3 Å². The van der Waals surface area contributed by atoms with Gasteiger partial charge in [-0.25, -0.2) is 4.79 Å². The van der Waals surface area contributed by atoms with Gasteiger partial charge in [0.25, 0.3) is 0 Å². The first-order valence-corrected chi connectivity index (χ1v) is 5.64. The third-order valence-corrected chi connectivity index (χ3v) is 2.27. The molecule has 0 heterocycles. The van der Waals surface area contributed by atoms with Crippen molar-refractivity contribution in [1.82, 2.24) is 0 Å². The van der Waals surface area contributed by atoms with E-state index in [2.05, 4.69) is 11.7 Å². The van der Waals surface area contributed by atoms with Crippen molar-refractivity contribution >= 4 is 5.97 Å². The van der Waals surface area contributed by atoms with Gasteiger partial charge in [-0.05, 0) is 19.3 Å². The Hall–Kier alpha value is -0.830. The molecule has 0 spiro atoms. The van der Waals surface area contributed by atoms with Crippen LogP contribution >= 0.6 is 0 Å². The fraction of sp³-hybridized carbons (Fsp3) is 0.750. The largest absolute Gasteiger partial charge is 0.466 e. The Balaban J connectivity index is 3.96. The average molecular weight is 214 g/mol. The molecule has 0 rings (SSSR count). The van der Waals surface area contributed by atoms with Gasteiger partial charge in [-0.15, -0.1) is 0 Å². The number of rotatable bonds is 8. The lowest BCUT2D eigenvalue weighted by molar-refractivity contribution is -0.136. The number of aliphatic hydroxyl groups is 1. The summed E-state index contributed by atoms with van der Waals surface area (Å²) >= 11 is 0. The zero-order valence-corrected chi connectivity index (χ0v) is 9.79. The second kappa shape index (κ2) is 9.71. The average Bonchev–Trinajstić information content (AvgIpc) is 2.27. The Morgan fingerprint density at radius 1 is 1.33 bits per heavy atom. The van der Waals surface area contributed by atoms with E-state index in [-0.39, 0.29) is 12.6 Å². The van der Waals surface area contributed by atoms with Gasteiger partial charge in [0, 0.05) is 12.2 Å². The van der Waals surface area contributed by atoms with Crippen LogP contribution in [0, 0.1) is 0 Å². The molecule has 1 N–H and O–H groups in total. The Kier molecular flexibility index (Phi) is 9.18. The standard InChI is InChI=1S/C12H22O3/c1-3-4-5-6-8-11(9-7-10-13)12(14)15-2/h9,13H,3-8,10H2,1-2H3. The molecular formula is C12H22O3. The van der Waals surface area contributed by atoms with Crippen LogP contribution in [0.4, 0.5) is 0 Å². The summed E-state index contributed by atoms with van der Waals surface area (Å²) in [6.07, 6.45) is 7.61. The van der Waals surface area contributed by atoms with Gasteiger partial charge in [-0.2, -0.15) is 0 Å². The quantitative estimate of drug-likeness (QED) is 0.383. The molecule has 0 fully saturated rings. The number of unbranched alkanes of at least 4 members (excludes halogenated alkanes) is 3. The highest BCUT2D eigenvalue weighted by atomic mass is 16.5. The van der Waals surface area contributed by atoms with Crippen molar-refractivity contribution in [3.05, 3.63) is 11.6 Å². The highest BCUT2D eigenvalue weighted by Crippen LogP contribution is 2.12. The van der Waals surface area contributed by atoms with Gasteiger partial charge < -0.3 is 9.84 Å². The minimum atomic E-state index is -0.264. The molecule has 0 radical (unpaired) electrons. The van der Waals surface area contributed by atoms with Crippen molar-refractivity contribution in [3.63, 3.8) is 0 Å². The lowest BCUT2D eigenvalue weighted by Gasteiger charge is -2.05. The molecule has 0 aromatic carbocycles. The molecule has 88 valence electrons. The highest BCUT2D eigenvalue weighted by molar-refractivity contribution is 5.88. The zero-order chi connectivity index (χ0) is 11.5. The molecule has 0 aliphatic heterocycles. The molecule has 0 aliphatic rings. The number of esters is 1. The number of carbonyl (C=O) groups is 1. The van der Waals surface area contributed by atoms with Crippen LogP contribution in [-0.2, 0) is 9.53 Å². The zero-order valence-electron chi connectivity index (χ0n) is 9.79. The molecule has 0 saturated heterocycles. The van der Waals surface area contributed by atoms with Crippen molar-refractivity contribution in [1.29, 1.82) is 0 Å². The summed E-state index contributed by atoms with van der Waals surface area (Å²) in [6, 6.07) is 0. The topological polar surface area (TPSA) is 46.5 Å². The van der Waals surface area contributed by atoms with Crippen molar-refractivity contribution in [3.8, 4) is 0 Å². The molecule has 0 bridgehead atoms. The van der Waals surface area contributed by atoms with E-state index < -0.39 is 0 Å². The second-order valence-corrected chi connectivity index (χ2v) is 3.54. The van der Waals surface area contributed by atoms with Gasteiger partial charge in [0.15, 0.2) is 0 Å². The van der Waals surface area contributed by atoms with Crippen molar-refractivity contribution < 1.29 is 14.6 Å². The predicted molar refractivity (Wildman–Crippen MR) is 60.6 cm³/mol. The Labute approximate surface area is 92.1 Å². The van der Waals surface area contributed by atoms with Crippen LogP contribution in [-0.4, -0.2) is 24.8 Å². The van der Waals surface area contributed by atoms with E-state index in [1.54, 1.807) is 6.08 Å².